The predicted molar refractivity (Wildman–Crippen MR) is 78.0 cm³/mol. The highest BCUT2D eigenvalue weighted by Crippen LogP contribution is 2.27. The minimum absolute atomic E-state index is 0.113. The molecule has 0 radical (unpaired) electrons. The maximum atomic E-state index is 9.82. The number of phenolic OH excluding ortho intramolecular Hbond substituents is 1. The standard InChI is InChI=1S/C13H16N4O3S/c18-11-4-2-1-3-10(11)12-15-17(13(21)20-12)9-14-16-5-7-19-8-6-16/h1-4,14,18H,5-9H2. The van der Waals surface area contributed by atoms with Crippen LogP contribution in [0.2, 0.25) is 0 Å². The van der Waals surface area contributed by atoms with E-state index in [0.29, 0.717) is 31.3 Å². The monoisotopic (exact) mass is 308 g/mol. The molecule has 0 bridgehead atoms. The number of ether oxygens (including phenoxy) is 1. The number of nitrogens with one attached hydrogen (secondary N) is 1. The number of para-hydroxylation sites is 1. The fourth-order valence-corrected chi connectivity index (χ4v) is 2.24. The Morgan fingerprint density at radius 3 is 2.81 bits per heavy atom. The van der Waals surface area contributed by atoms with Crippen LogP contribution >= 0.6 is 12.2 Å². The number of aromatic nitrogens is 2. The normalized spacial score (nSPS) is 16.2. The molecule has 2 N–H and O–H groups in total. The molecule has 2 aromatic rings. The SMILES string of the molecule is Oc1ccccc1-c1nn(CNN2CCOCC2)c(=S)o1. The molecular formula is C13H16N4O3S. The van der Waals surface area contributed by atoms with Gasteiger partial charge < -0.3 is 14.3 Å². The Morgan fingerprint density at radius 2 is 2.05 bits per heavy atom. The summed E-state index contributed by atoms with van der Waals surface area (Å²) in [4.78, 5) is 0.258. The topological polar surface area (TPSA) is 75.7 Å². The Hall–Kier alpha value is -1.74. The van der Waals surface area contributed by atoms with Crippen molar-refractivity contribution in [1.29, 1.82) is 0 Å². The van der Waals surface area contributed by atoms with E-state index in [4.69, 9.17) is 21.4 Å². The van der Waals surface area contributed by atoms with Gasteiger partial charge in [-0.1, -0.05) is 12.1 Å². The number of hydrazine groups is 1. The maximum Gasteiger partial charge on any atom is 0.288 e. The first-order chi connectivity index (χ1) is 10.2. The highest BCUT2D eigenvalue weighted by Gasteiger charge is 2.13. The van der Waals surface area contributed by atoms with Crippen LogP contribution < -0.4 is 5.43 Å². The van der Waals surface area contributed by atoms with Crippen molar-refractivity contribution in [3.63, 3.8) is 0 Å². The summed E-state index contributed by atoms with van der Waals surface area (Å²) in [6, 6.07) is 6.86. The van der Waals surface area contributed by atoms with Crippen molar-refractivity contribution in [2.24, 2.45) is 0 Å². The average molecular weight is 308 g/mol. The molecule has 0 unspecified atom stereocenters. The Labute approximate surface area is 126 Å². The zero-order valence-corrected chi connectivity index (χ0v) is 12.2. The van der Waals surface area contributed by atoms with Crippen LogP contribution in [0.4, 0.5) is 0 Å². The molecule has 8 heteroatoms. The molecule has 1 aromatic heterocycles. The van der Waals surface area contributed by atoms with E-state index in [-0.39, 0.29) is 10.6 Å². The summed E-state index contributed by atoms with van der Waals surface area (Å²) < 4.78 is 12.3. The van der Waals surface area contributed by atoms with Gasteiger partial charge in [0, 0.05) is 13.1 Å². The third-order valence-corrected chi connectivity index (χ3v) is 3.49. The first-order valence-corrected chi connectivity index (χ1v) is 7.07. The van der Waals surface area contributed by atoms with Crippen LogP contribution in [0, 0.1) is 4.84 Å². The van der Waals surface area contributed by atoms with Gasteiger partial charge in [0.05, 0.1) is 18.8 Å². The van der Waals surface area contributed by atoms with Gasteiger partial charge in [-0.15, -0.1) is 5.10 Å². The van der Waals surface area contributed by atoms with Crippen LogP contribution in [0.15, 0.2) is 28.7 Å². The number of hydrogen-bond acceptors (Lipinski definition) is 7. The Kier molecular flexibility index (Phi) is 4.30. The van der Waals surface area contributed by atoms with E-state index in [0.717, 1.165) is 13.1 Å². The minimum atomic E-state index is 0.113. The molecule has 2 heterocycles. The zero-order valence-electron chi connectivity index (χ0n) is 11.4. The summed E-state index contributed by atoms with van der Waals surface area (Å²) in [5, 5.41) is 16.2. The summed E-state index contributed by atoms with van der Waals surface area (Å²) in [6.07, 6.45) is 0. The van der Waals surface area contributed by atoms with Gasteiger partial charge in [0.1, 0.15) is 12.4 Å². The molecule has 7 nitrogen and oxygen atoms in total. The Bertz CT molecular complexity index is 663. The Morgan fingerprint density at radius 1 is 1.29 bits per heavy atom. The number of hydrogen-bond donors (Lipinski definition) is 2. The highest BCUT2D eigenvalue weighted by molar-refractivity contribution is 7.71. The second-order valence-corrected chi connectivity index (χ2v) is 4.95. The summed E-state index contributed by atoms with van der Waals surface area (Å²) >= 11 is 5.15. The zero-order chi connectivity index (χ0) is 14.7. The lowest BCUT2D eigenvalue weighted by molar-refractivity contribution is 0.00521. The lowest BCUT2D eigenvalue weighted by Crippen LogP contribution is -2.46. The molecule has 1 aliphatic heterocycles. The number of rotatable bonds is 4. The van der Waals surface area contributed by atoms with Gasteiger partial charge in [-0.05, 0) is 24.4 Å². The Balaban J connectivity index is 1.72. The van der Waals surface area contributed by atoms with E-state index in [2.05, 4.69) is 15.5 Å². The van der Waals surface area contributed by atoms with Gasteiger partial charge in [-0.2, -0.15) is 0 Å². The molecule has 0 spiro atoms. The molecule has 1 aliphatic rings. The quantitative estimate of drug-likeness (QED) is 0.826. The molecule has 1 saturated heterocycles. The van der Waals surface area contributed by atoms with E-state index < -0.39 is 0 Å². The van der Waals surface area contributed by atoms with E-state index in [1.165, 1.54) is 0 Å². The third-order valence-electron chi connectivity index (χ3n) is 3.20. The number of phenols is 1. The summed E-state index contributed by atoms with van der Waals surface area (Å²) in [5.74, 6) is 0.420. The third kappa shape index (κ3) is 3.30. The van der Waals surface area contributed by atoms with Gasteiger partial charge in [0.15, 0.2) is 0 Å². The molecule has 0 atom stereocenters. The van der Waals surface area contributed by atoms with Gasteiger partial charge in [-0.25, -0.2) is 15.1 Å². The highest BCUT2D eigenvalue weighted by atomic mass is 32.1. The fraction of sp³-hybridized carbons (Fsp3) is 0.385. The number of nitrogens with zero attached hydrogens (tertiary/aromatic N) is 3. The van der Waals surface area contributed by atoms with Crippen molar-refractivity contribution in [3.05, 3.63) is 29.1 Å². The smallest absolute Gasteiger partial charge is 0.288 e. The van der Waals surface area contributed by atoms with Crippen LogP contribution in [0.1, 0.15) is 0 Å². The van der Waals surface area contributed by atoms with Crippen LogP contribution in [-0.4, -0.2) is 46.2 Å². The van der Waals surface area contributed by atoms with Crippen molar-refractivity contribution >= 4 is 12.2 Å². The molecule has 21 heavy (non-hydrogen) atoms. The second kappa shape index (κ2) is 6.35. The van der Waals surface area contributed by atoms with Crippen molar-refractivity contribution in [3.8, 4) is 17.2 Å². The molecule has 112 valence electrons. The molecule has 3 rings (SSSR count). The molecule has 0 amide bonds. The summed E-state index contributed by atoms with van der Waals surface area (Å²) in [6.45, 7) is 3.46. The summed E-state index contributed by atoms with van der Waals surface area (Å²) in [7, 11) is 0. The predicted octanol–water partition coefficient (Wildman–Crippen LogP) is 1.37. The van der Waals surface area contributed by atoms with Crippen molar-refractivity contribution < 1.29 is 14.3 Å². The minimum Gasteiger partial charge on any atom is -0.507 e. The van der Waals surface area contributed by atoms with E-state index in [1.54, 1.807) is 28.9 Å². The lowest BCUT2D eigenvalue weighted by atomic mass is 10.2. The van der Waals surface area contributed by atoms with Crippen LogP contribution in [0.3, 0.4) is 0 Å². The van der Waals surface area contributed by atoms with Gasteiger partial charge in [0.25, 0.3) is 10.7 Å². The van der Waals surface area contributed by atoms with Crippen LogP contribution in [0.25, 0.3) is 11.5 Å². The van der Waals surface area contributed by atoms with Crippen molar-refractivity contribution in [2.45, 2.75) is 6.67 Å². The summed E-state index contributed by atoms with van der Waals surface area (Å²) in [5.41, 5.74) is 3.74. The van der Waals surface area contributed by atoms with E-state index in [1.807, 2.05) is 0 Å². The maximum absolute atomic E-state index is 9.82. The second-order valence-electron chi connectivity index (χ2n) is 4.61. The molecule has 0 aliphatic carbocycles. The van der Waals surface area contributed by atoms with Gasteiger partial charge in [-0.3, -0.25) is 0 Å². The average Bonchev–Trinajstić information content (AvgIpc) is 2.88. The van der Waals surface area contributed by atoms with Crippen LogP contribution in [-0.2, 0) is 11.4 Å². The molecule has 0 saturated carbocycles. The van der Waals surface area contributed by atoms with Gasteiger partial charge >= 0.3 is 0 Å². The lowest BCUT2D eigenvalue weighted by Gasteiger charge is -2.26. The number of benzene rings is 1. The largest absolute Gasteiger partial charge is 0.507 e. The van der Waals surface area contributed by atoms with E-state index >= 15 is 0 Å². The molecule has 1 aromatic carbocycles. The first-order valence-electron chi connectivity index (χ1n) is 6.66. The van der Waals surface area contributed by atoms with E-state index in [9.17, 15) is 5.11 Å². The van der Waals surface area contributed by atoms with Crippen molar-refractivity contribution in [1.82, 2.24) is 20.2 Å². The number of morpholine rings is 1. The fourth-order valence-electron chi connectivity index (χ4n) is 2.06. The van der Waals surface area contributed by atoms with Crippen molar-refractivity contribution in [2.75, 3.05) is 26.3 Å². The van der Waals surface area contributed by atoms with Crippen LogP contribution in [0.5, 0.6) is 5.75 Å². The molecule has 1 fully saturated rings. The first kappa shape index (κ1) is 14.2. The molecular weight excluding hydrogens is 292 g/mol. The number of aromatic hydroxyl groups is 1. The van der Waals surface area contributed by atoms with Gasteiger partial charge in [0.2, 0.25) is 0 Å².